The van der Waals surface area contributed by atoms with Crippen molar-refractivity contribution in [2.45, 2.75) is 23.8 Å². The second kappa shape index (κ2) is 5.42. The minimum absolute atomic E-state index is 0.0453. The molecular formula is C10H14N2O5S. The summed E-state index contributed by atoms with van der Waals surface area (Å²) in [6.07, 6.45) is 2.04. The number of carboxylic acid groups (broad SMARTS) is 1. The minimum atomic E-state index is -3.79. The third-order valence-corrected chi connectivity index (χ3v) is 3.51. The molecule has 3 N–H and O–H groups in total. The highest BCUT2D eigenvalue weighted by molar-refractivity contribution is 7.89. The van der Waals surface area contributed by atoms with Crippen LogP contribution in [0.15, 0.2) is 29.4 Å². The van der Waals surface area contributed by atoms with Crippen LogP contribution in [0.2, 0.25) is 0 Å². The molecule has 1 rings (SSSR count). The SMILES string of the molecule is CC(O)(CNS(=O)(=O)c1cccnc1)CC(=O)O. The average Bonchev–Trinajstić information content (AvgIpc) is 2.26. The molecule has 100 valence electrons. The number of pyridine rings is 1. The Hall–Kier alpha value is -1.51. The zero-order valence-electron chi connectivity index (χ0n) is 9.70. The van der Waals surface area contributed by atoms with Gasteiger partial charge in [-0.1, -0.05) is 0 Å². The van der Waals surface area contributed by atoms with Gasteiger partial charge in [-0.15, -0.1) is 0 Å². The number of aliphatic hydroxyl groups is 1. The van der Waals surface area contributed by atoms with Gasteiger partial charge in [-0.25, -0.2) is 13.1 Å². The molecule has 0 aromatic carbocycles. The van der Waals surface area contributed by atoms with Crippen molar-refractivity contribution in [3.8, 4) is 0 Å². The average molecular weight is 274 g/mol. The lowest BCUT2D eigenvalue weighted by Gasteiger charge is -2.21. The summed E-state index contributed by atoms with van der Waals surface area (Å²) in [6, 6.07) is 2.81. The summed E-state index contributed by atoms with van der Waals surface area (Å²) in [5.41, 5.74) is -1.65. The molecule has 1 atom stereocenters. The predicted molar refractivity (Wildman–Crippen MR) is 62.3 cm³/mol. The Bertz CT molecular complexity index is 512. The van der Waals surface area contributed by atoms with E-state index in [1.54, 1.807) is 0 Å². The zero-order chi connectivity index (χ0) is 13.8. The lowest BCUT2D eigenvalue weighted by Crippen LogP contribution is -2.42. The Morgan fingerprint density at radius 1 is 1.56 bits per heavy atom. The van der Waals surface area contributed by atoms with Crippen LogP contribution in [-0.2, 0) is 14.8 Å². The molecule has 1 heterocycles. The molecule has 0 saturated carbocycles. The van der Waals surface area contributed by atoms with E-state index in [1.165, 1.54) is 25.3 Å². The van der Waals surface area contributed by atoms with E-state index >= 15 is 0 Å². The van der Waals surface area contributed by atoms with Crippen molar-refractivity contribution in [2.24, 2.45) is 0 Å². The first-order valence-corrected chi connectivity index (χ1v) is 6.55. The fraction of sp³-hybridized carbons (Fsp3) is 0.400. The number of carboxylic acids is 1. The molecule has 0 amide bonds. The maximum absolute atomic E-state index is 11.8. The number of rotatable bonds is 6. The number of aromatic nitrogens is 1. The number of nitrogens with one attached hydrogen (secondary N) is 1. The highest BCUT2D eigenvalue weighted by Crippen LogP contribution is 2.11. The molecule has 1 aromatic heterocycles. The van der Waals surface area contributed by atoms with Crippen molar-refractivity contribution in [1.29, 1.82) is 0 Å². The predicted octanol–water partition coefficient (Wildman–Crippen LogP) is -0.414. The fourth-order valence-electron chi connectivity index (χ4n) is 1.23. The van der Waals surface area contributed by atoms with Crippen molar-refractivity contribution in [3.63, 3.8) is 0 Å². The first kappa shape index (κ1) is 14.6. The Labute approximate surface area is 105 Å². The number of sulfonamides is 1. The van der Waals surface area contributed by atoms with Crippen LogP contribution in [0.1, 0.15) is 13.3 Å². The van der Waals surface area contributed by atoms with Crippen LogP contribution in [0.25, 0.3) is 0 Å². The van der Waals surface area contributed by atoms with E-state index in [2.05, 4.69) is 9.71 Å². The molecular weight excluding hydrogens is 260 g/mol. The Morgan fingerprint density at radius 3 is 2.72 bits per heavy atom. The van der Waals surface area contributed by atoms with Gasteiger partial charge in [0.15, 0.2) is 0 Å². The zero-order valence-corrected chi connectivity index (χ0v) is 10.5. The molecule has 1 aromatic rings. The van der Waals surface area contributed by atoms with Crippen LogP contribution < -0.4 is 4.72 Å². The summed E-state index contributed by atoms with van der Waals surface area (Å²) in [4.78, 5) is 14.1. The third kappa shape index (κ3) is 4.40. The number of aliphatic carboxylic acids is 1. The van der Waals surface area contributed by atoms with Crippen molar-refractivity contribution in [1.82, 2.24) is 9.71 Å². The highest BCUT2D eigenvalue weighted by Gasteiger charge is 2.26. The molecule has 0 radical (unpaired) electrons. The largest absolute Gasteiger partial charge is 0.481 e. The molecule has 0 bridgehead atoms. The van der Waals surface area contributed by atoms with Crippen LogP contribution in [0.3, 0.4) is 0 Å². The quantitative estimate of drug-likeness (QED) is 0.649. The van der Waals surface area contributed by atoms with E-state index < -0.39 is 34.6 Å². The van der Waals surface area contributed by atoms with E-state index in [9.17, 15) is 18.3 Å². The van der Waals surface area contributed by atoms with Gasteiger partial charge < -0.3 is 10.2 Å². The van der Waals surface area contributed by atoms with E-state index in [4.69, 9.17) is 5.11 Å². The number of nitrogens with zero attached hydrogens (tertiary/aromatic N) is 1. The molecule has 18 heavy (non-hydrogen) atoms. The van der Waals surface area contributed by atoms with Crippen molar-refractivity contribution < 1.29 is 23.4 Å². The molecule has 0 aliphatic heterocycles. The maximum Gasteiger partial charge on any atom is 0.306 e. The summed E-state index contributed by atoms with van der Waals surface area (Å²) < 4.78 is 25.6. The molecule has 0 spiro atoms. The first-order valence-electron chi connectivity index (χ1n) is 5.07. The molecule has 1 unspecified atom stereocenters. The fourth-order valence-corrected chi connectivity index (χ4v) is 2.35. The van der Waals surface area contributed by atoms with Gasteiger partial charge in [-0.2, -0.15) is 0 Å². The lowest BCUT2D eigenvalue weighted by atomic mass is 10.0. The topological polar surface area (TPSA) is 117 Å². The molecule has 0 aliphatic carbocycles. The summed E-state index contributed by atoms with van der Waals surface area (Å²) >= 11 is 0. The van der Waals surface area contributed by atoms with Crippen molar-refractivity contribution in [3.05, 3.63) is 24.5 Å². The van der Waals surface area contributed by atoms with Gasteiger partial charge in [0, 0.05) is 18.9 Å². The van der Waals surface area contributed by atoms with Crippen LogP contribution in [0, 0.1) is 0 Å². The summed E-state index contributed by atoms with van der Waals surface area (Å²) in [6.45, 7) is 0.851. The van der Waals surface area contributed by atoms with Gasteiger partial charge in [-0.05, 0) is 19.1 Å². The third-order valence-electron chi connectivity index (χ3n) is 2.12. The molecule has 7 nitrogen and oxygen atoms in total. The van der Waals surface area contributed by atoms with Crippen LogP contribution in [0.5, 0.6) is 0 Å². The van der Waals surface area contributed by atoms with E-state index in [0.717, 1.165) is 6.20 Å². The van der Waals surface area contributed by atoms with E-state index in [1.807, 2.05) is 0 Å². The highest BCUT2D eigenvalue weighted by atomic mass is 32.2. The minimum Gasteiger partial charge on any atom is -0.481 e. The second-order valence-corrected chi connectivity index (χ2v) is 5.85. The normalized spacial score (nSPS) is 15.0. The van der Waals surface area contributed by atoms with E-state index in [-0.39, 0.29) is 4.90 Å². The van der Waals surface area contributed by atoms with Crippen LogP contribution in [-0.4, -0.2) is 41.7 Å². The standard InChI is InChI=1S/C10H14N2O5S/c1-10(15,5-9(13)14)7-12-18(16,17)8-3-2-4-11-6-8/h2-4,6,12,15H,5,7H2,1H3,(H,13,14). The monoisotopic (exact) mass is 274 g/mol. The molecule has 0 aliphatic rings. The van der Waals surface area contributed by atoms with Gasteiger partial charge in [0.2, 0.25) is 10.0 Å². The van der Waals surface area contributed by atoms with Gasteiger partial charge in [-0.3, -0.25) is 9.78 Å². The van der Waals surface area contributed by atoms with Crippen molar-refractivity contribution in [2.75, 3.05) is 6.54 Å². The summed E-state index contributed by atoms with van der Waals surface area (Å²) in [5.74, 6) is -1.21. The number of hydrogen-bond donors (Lipinski definition) is 3. The van der Waals surface area contributed by atoms with Crippen LogP contribution >= 0.6 is 0 Å². The molecule has 0 fully saturated rings. The van der Waals surface area contributed by atoms with Crippen LogP contribution in [0.4, 0.5) is 0 Å². The Kier molecular flexibility index (Phi) is 4.38. The smallest absolute Gasteiger partial charge is 0.306 e. The van der Waals surface area contributed by atoms with Gasteiger partial charge >= 0.3 is 5.97 Å². The van der Waals surface area contributed by atoms with Gasteiger partial charge in [0.1, 0.15) is 4.90 Å². The Morgan fingerprint density at radius 2 is 2.22 bits per heavy atom. The lowest BCUT2D eigenvalue weighted by molar-refractivity contribution is -0.141. The number of hydrogen-bond acceptors (Lipinski definition) is 5. The maximum atomic E-state index is 11.8. The first-order chi connectivity index (χ1) is 8.23. The number of carbonyl (C=O) groups is 1. The van der Waals surface area contributed by atoms with Gasteiger partial charge in [0.05, 0.1) is 12.0 Å². The second-order valence-electron chi connectivity index (χ2n) is 4.08. The molecule has 0 saturated heterocycles. The summed E-state index contributed by atoms with van der Waals surface area (Å²) in [7, 11) is -3.79. The Balaban J connectivity index is 2.71. The van der Waals surface area contributed by atoms with Gasteiger partial charge in [0.25, 0.3) is 0 Å². The van der Waals surface area contributed by atoms with E-state index in [0.29, 0.717) is 0 Å². The van der Waals surface area contributed by atoms with Crippen molar-refractivity contribution >= 4 is 16.0 Å². The summed E-state index contributed by atoms with van der Waals surface area (Å²) in [5, 5.41) is 18.2. The molecule has 8 heteroatoms.